The highest BCUT2D eigenvalue weighted by Crippen LogP contribution is 2.24. The number of nitrogens with zero attached hydrogens (tertiary/aromatic N) is 2. The van der Waals surface area contributed by atoms with Crippen molar-refractivity contribution in [2.45, 2.75) is 13.8 Å². The summed E-state index contributed by atoms with van der Waals surface area (Å²) in [7, 11) is 0. The van der Waals surface area contributed by atoms with Crippen LogP contribution < -0.4 is 10.4 Å². The molecule has 0 unspecified atom stereocenters. The van der Waals surface area contributed by atoms with Crippen molar-refractivity contribution in [1.29, 1.82) is 0 Å². The van der Waals surface area contributed by atoms with Gasteiger partial charge in [0, 0.05) is 23.6 Å². The van der Waals surface area contributed by atoms with Gasteiger partial charge < -0.3 is 14.5 Å². The minimum atomic E-state index is -1.24. The first-order chi connectivity index (χ1) is 13.7. The van der Waals surface area contributed by atoms with Crippen LogP contribution in [0.3, 0.4) is 0 Å². The Kier molecular flexibility index (Phi) is 5.47. The van der Waals surface area contributed by atoms with Crippen LogP contribution in [0.25, 0.3) is 11.8 Å². The van der Waals surface area contributed by atoms with Crippen molar-refractivity contribution in [3.05, 3.63) is 71.1 Å². The molecule has 29 heavy (non-hydrogen) atoms. The second-order valence-corrected chi connectivity index (χ2v) is 6.90. The number of carbonyl (C=O) groups excluding carboxylic acids is 3. The van der Waals surface area contributed by atoms with Crippen LogP contribution in [-0.4, -0.2) is 38.9 Å². The molecule has 148 valence electrons. The van der Waals surface area contributed by atoms with E-state index < -0.39 is 17.8 Å². The molecular formula is C21H18N3O4S-. The van der Waals surface area contributed by atoms with Gasteiger partial charge in [0.2, 0.25) is 0 Å². The molecule has 1 saturated heterocycles. The van der Waals surface area contributed by atoms with E-state index >= 15 is 0 Å². The van der Waals surface area contributed by atoms with Crippen molar-refractivity contribution >= 4 is 41.2 Å². The molecule has 0 atom stereocenters. The van der Waals surface area contributed by atoms with Crippen LogP contribution in [-0.2, 0) is 9.59 Å². The lowest BCUT2D eigenvalue weighted by Gasteiger charge is -2.27. The third kappa shape index (κ3) is 3.74. The van der Waals surface area contributed by atoms with Gasteiger partial charge >= 0.3 is 0 Å². The summed E-state index contributed by atoms with van der Waals surface area (Å²) in [6.45, 7) is 7.52. The number of aromatic carboxylic acids is 1. The lowest BCUT2D eigenvalue weighted by molar-refractivity contribution is -0.255. The average Bonchev–Trinajstić information content (AvgIpc) is 2.95. The first-order valence-corrected chi connectivity index (χ1v) is 9.16. The highest BCUT2D eigenvalue weighted by Gasteiger charge is 2.32. The normalized spacial score (nSPS) is 15.6. The summed E-state index contributed by atoms with van der Waals surface area (Å²) in [6, 6.07) is 8.12. The average molecular weight is 408 g/mol. The molecule has 2 aromatic rings. The smallest absolute Gasteiger partial charge is 0.265 e. The first kappa shape index (κ1) is 20.2. The SMILES string of the molecule is C=CCN1C(=O)/C(=C\c2cc(C)n(-c3ccc(C(=O)[O-])cc3)c2C)C(=O)NC1=S. The fourth-order valence-corrected chi connectivity index (χ4v) is 3.47. The minimum Gasteiger partial charge on any atom is -0.545 e. The van der Waals surface area contributed by atoms with Crippen LogP contribution in [0.15, 0.2) is 48.6 Å². The van der Waals surface area contributed by atoms with E-state index in [1.165, 1.54) is 29.2 Å². The van der Waals surface area contributed by atoms with E-state index in [0.29, 0.717) is 5.56 Å². The van der Waals surface area contributed by atoms with Gasteiger partial charge in [-0.15, -0.1) is 6.58 Å². The quantitative estimate of drug-likeness (QED) is 0.348. The van der Waals surface area contributed by atoms with E-state index in [9.17, 15) is 19.5 Å². The fraction of sp³-hybridized carbons (Fsp3) is 0.143. The highest BCUT2D eigenvalue weighted by molar-refractivity contribution is 7.80. The molecule has 0 spiro atoms. The summed E-state index contributed by atoms with van der Waals surface area (Å²) < 4.78 is 1.91. The van der Waals surface area contributed by atoms with Crippen LogP contribution in [0.4, 0.5) is 0 Å². The number of carbonyl (C=O) groups is 3. The maximum absolute atomic E-state index is 12.7. The van der Waals surface area contributed by atoms with E-state index in [-0.39, 0.29) is 22.8 Å². The molecule has 3 rings (SSSR count). The standard InChI is InChI=1S/C21H19N3O4S/c1-4-9-23-19(26)17(18(25)22-21(23)29)11-15-10-12(2)24(13(15)3)16-7-5-14(6-8-16)20(27)28/h4-8,10-11H,1,9H2,2-3H3,(H,27,28)(H,22,25,29)/p-1/b17-11-. The van der Waals surface area contributed by atoms with Crippen LogP contribution >= 0.6 is 12.2 Å². The zero-order valence-electron chi connectivity index (χ0n) is 15.9. The van der Waals surface area contributed by atoms with Gasteiger partial charge in [-0.25, -0.2) is 0 Å². The lowest BCUT2D eigenvalue weighted by Crippen LogP contribution is -2.53. The molecule has 1 aromatic heterocycles. The molecule has 1 aliphatic rings. The van der Waals surface area contributed by atoms with Crippen molar-refractivity contribution < 1.29 is 19.5 Å². The van der Waals surface area contributed by atoms with E-state index in [0.717, 1.165) is 17.1 Å². The third-order valence-electron chi connectivity index (χ3n) is 4.63. The zero-order valence-corrected chi connectivity index (χ0v) is 16.7. The van der Waals surface area contributed by atoms with Crippen molar-refractivity contribution in [2.75, 3.05) is 6.54 Å². The predicted octanol–water partition coefficient (Wildman–Crippen LogP) is 1.27. The predicted molar refractivity (Wildman–Crippen MR) is 110 cm³/mol. The second kappa shape index (κ2) is 7.84. The Morgan fingerprint density at radius 3 is 2.48 bits per heavy atom. The molecule has 0 bridgehead atoms. The van der Waals surface area contributed by atoms with Crippen LogP contribution in [0.5, 0.6) is 0 Å². The molecule has 8 heteroatoms. The second-order valence-electron chi connectivity index (χ2n) is 6.52. The minimum absolute atomic E-state index is 0.0204. The van der Waals surface area contributed by atoms with E-state index in [1.807, 2.05) is 24.5 Å². The molecule has 0 aliphatic carbocycles. The number of nitrogens with one attached hydrogen (secondary N) is 1. The lowest BCUT2D eigenvalue weighted by atomic mass is 10.1. The molecule has 0 radical (unpaired) electrons. The summed E-state index contributed by atoms with van der Waals surface area (Å²) in [4.78, 5) is 37.3. The summed E-state index contributed by atoms with van der Waals surface area (Å²) in [5, 5.41) is 13.5. The van der Waals surface area contributed by atoms with Crippen molar-refractivity contribution in [3.63, 3.8) is 0 Å². The number of carboxylic acid groups (broad SMARTS) is 1. The summed E-state index contributed by atoms with van der Waals surface area (Å²) in [5.41, 5.74) is 3.16. The molecule has 0 saturated carbocycles. The maximum Gasteiger partial charge on any atom is 0.265 e. The van der Waals surface area contributed by atoms with Gasteiger partial charge in [0.15, 0.2) is 5.11 Å². The first-order valence-electron chi connectivity index (χ1n) is 8.75. The Bertz CT molecular complexity index is 1080. The molecular weight excluding hydrogens is 390 g/mol. The number of thiocarbonyl (C=S) groups is 1. The Hall–Kier alpha value is -3.52. The fourth-order valence-electron chi connectivity index (χ4n) is 3.22. The van der Waals surface area contributed by atoms with Crippen LogP contribution in [0.2, 0.25) is 0 Å². The largest absolute Gasteiger partial charge is 0.545 e. The number of hydrogen-bond donors (Lipinski definition) is 1. The number of benzene rings is 1. The summed E-state index contributed by atoms with van der Waals surface area (Å²) in [6.07, 6.45) is 3.06. The van der Waals surface area contributed by atoms with E-state index in [2.05, 4.69) is 11.9 Å². The molecule has 2 heterocycles. The van der Waals surface area contributed by atoms with Gasteiger partial charge in [-0.05, 0) is 61.5 Å². The molecule has 1 N–H and O–H groups in total. The number of hydrogen-bond acceptors (Lipinski definition) is 5. The number of aromatic nitrogens is 1. The van der Waals surface area contributed by atoms with Gasteiger partial charge in [0.25, 0.3) is 11.8 Å². The van der Waals surface area contributed by atoms with Crippen molar-refractivity contribution in [2.24, 2.45) is 0 Å². The monoisotopic (exact) mass is 408 g/mol. The number of amides is 2. The summed E-state index contributed by atoms with van der Waals surface area (Å²) in [5.74, 6) is -2.28. The number of aryl methyl sites for hydroxylation is 1. The van der Waals surface area contributed by atoms with Crippen molar-refractivity contribution in [3.8, 4) is 5.69 Å². The Labute approximate surface area is 172 Å². The maximum atomic E-state index is 12.7. The van der Waals surface area contributed by atoms with Crippen LogP contribution in [0.1, 0.15) is 27.3 Å². The van der Waals surface area contributed by atoms with Crippen molar-refractivity contribution in [1.82, 2.24) is 14.8 Å². The molecule has 2 amide bonds. The topological polar surface area (TPSA) is 94.5 Å². The number of rotatable bonds is 5. The van der Waals surface area contributed by atoms with E-state index in [4.69, 9.17) is 12.2 Å². The molecule has 1 fully saturated rings. The molecule has 7 nitrogen and oxygen atoms in total. The molecule has 1 aliphatic heterocycles. The third-order valence-corrected chi connectivity index (χ3v) is 4.95. The van der Waals surface area contributed by atoms with Gasteiger partial charge in [0.1, 0.15) is 5.57 Å². The van der Waals surface area contributed by atoms with Gasteiger partial charge in [0.05, 0.1) is 5.97 Å². The van der Waals surface area contributed by atoms with Gasteiger partial charge in [-0.2, -0.15) is 0 Å². The van der Waals surface area contributed by atoms with E-state index in [1.54, 1.807) is 12.1 Å². The number of carboxylic acids is 1. The van der Waals surface area contributed by atoms with Gasteiger partial charge in [-0.3, -0.25) is 19.8 Å². The van der Waals surface area contributed by atoms with Gasteiger partial charge in [-0.1, -0.05) is 18.2 Å². The Morgan fingerprint density at radius 1 is 1.24 bits per heavy atom. The zero-order chi connectivity index (χ0) is 21.3. The van der Waals surface area contributed by atoms with Crippen LogP contribution in [0, 0.1) is 13.8 Å². The molecule has 1 aromatic carbocycles. The Balaban J connectivity index is 2.02. The summed E-state index contributed by atoms with van der Waals surface area (Å²) >= 11 is 5.06. The highest BCUT2D eigenvalue weighted by atomic mass is 32.1. The Morgan fingerprint density at radius 2 is 1.90 bits per heavy atom.